The highest BCUT2D eigenvalue weighted by atomic mass is 16.4. The zero-order valence-electron chi connectivity index (χ0n) is 11.1. The van der Waals surface area contributed by atoms with E-state index >= 15 is 0 Å². The molecule has 6 heteroatoms. The summed E-state index contributed by atoms with van der Waals surface area (Å²) in [5, 5.41) is 18.0. The van der Waals surface area contributed by atoms with Crippen LogP contribution in [-0.4, -0.2) is 64.3 Å². The number of carboxylic acids is 1. The number of hydrogen-bond donors (Lipinski definition) is 2. The van der Waals surface area contributed by atoms with Crippen LogP contribution in [0.3, 0.4) is 0 Å². The van der Waals surface area contributed by atoms with Crippen molar-refractivity contribution in [2.24, 2.45) is 5.92 Å². The first kappa shape index (κ1) is 14.1. The Hall–Kier alpha value is -1.30. The number of aliphatic hydroxyl groups excluding tert-OH is 1. The summed E-state index contributed by atoms with van der Waals surface area (Å²) in [6, 6.07) is -0.0328. The lowest BCUT2D eigenvalue weighted by Crippen LogP contribution is -2.49. The SMILES string of the molecule is O=C(O)CC1CCN(C(=O)N2CCCC2CO)CC1. The van der Waals surface area contributed by atoms with Gasteiger partial charge in [0.1, 0.15) is 0 Å². The van der Waals surface area contributed by atoms with E-state index in [-0.39, 0.29) is 31.0 Å². The van der Waals surface area contributed by atoms with Crippen LogP contribution in [-0.2, 0) is 4.79 Å². The molecule has 2 saturated heterocycles. The zero-order chi connectivity index (χ0) is 13.8. The van der Waals surface area contributed by atoms with Crippen molar-refractivity contribution in [1.82, 2.24) is 9.80 Å². The number of piperidine rings is 1. The number of carboxylic acid groups (broad SMARTS) is 1. The maximum absolute atomic E-state index is 12.3. The predicted octanol–water partition coefficient (Wildman–Crippen LogP) is 0.750. The molecule has 2 amide bonds. The highest BCUT2D eigenvalue weighted by Crippen LogP contribution is 2.24. The van der Waals surface area contributed by atoms with Gasteiger partial charge < -0.3 is 20.0 Å². The van der Waals surface area contributed by atoms with Gasteiger partial charge in [-0.15, -0.1) is 0 Å². The van der Waals surface area contributed by atoms with Crippen LogP contribution in [0.25, 0.3) is 0 Å². The number of carbonyl (C=O) groups excluding carboxylic acids is 1. The van der Waals surface area contributed by atoms with Crippen molar-refractivity contribution in [3.8, 4) is 0 Å². The molecule has 19 heavy (non-hydrogen) atoms. The molecule has 2 rings (SSSR count). The standard InChI is InChI=1S/C13H22N2O4/c16-9-11-2-1-5-15(11)13(19)14-6-3-10(4-7-14)8-12(17)18/h10-11,16H,1-9H2,(H,17,18). The van der Waals surface area contributed by atoms with E-state index in [1.54, 1.807) is 9.80 Å². The van der Waals surface area contributed by atoms with Gasteiger partial charge in [-0.2, -0.15) is 0 Å². The minimum Gasteiger partial charge on any atom is -0.481 e. The number of rotatable bonds is 3. The van der Waals surface area contributed by atoms with Crippen LogP contribution in [0.15, 0.2) is 0 Å². The summed E-state index contributed by atoms with van der Waals surface area (Å²) in [4.78, 5) is 26.5. The average molecular weight is 270 g/mol. The van der Waals surface area contributed by atoms with Crippen LogP contribution in [0.1, 0.15) is 32.1 Å². The molecule has 2 aliphatic rings. The Labute approximate surface area is 113 Å². The molecule has 0 saturated carbocycles. The molecule has 1 unspecified atom stereocenters. The first-order valence-corrected chi connectivity index (χ1v) is 7.00. The zero-order valence-corrected chi connectivity index (χ0v) is 11.1. The number of nitrogens with zero attached hydrogens (tertiary/aromatic N) is 2. The largest absolute Gasteiger partial charge is 0.481 e. The molecular weight excluding hydrogens is 248 g/mol. The van der Waals surface area contributed by atoms with Crippen molar-refractivity contribution < 1.29 is 19.8 Å². The Bertz CT molecular complexity index is 340. The van der Waals surface area contributed by atoms with Crippen molar-refractivity contribution >= 4 is 12.0 Å². The summed E-state index contributed by atoms with van der Waals surface area (Å²) in [5.74, 6) is -0.571. The monoisotopic (exact) mass is 270 g/mol. The predicted molar refractivity (Wildman–Crippen MR) is 68.8 cm³/mol. The summed E-state index contributed by atoms with van der Waals surface area (Å²) >= 11 is 0. The molecule has 1 atom stereocenters. The van der Waals surface area contributed by atoms with Crippen LogP contribution in [0.5, 0.6) is 0 Å². The molecular formula is C13H22N2O4. The Morgan fingerprint density at radius 1 is 1.11 bits per heavy atom. The third kappa shape index (κ3) is 3.37. The second-order valence-corrected chi connectivity index (χ2v) is 5.48. The van der Waals surface area contributed by atoms with Gasteiger partial charge in [0.05, 0.1) is 12.6 Å². The van der Waals surface area contributed by atoms with Gasteiger partial charge >= 0.3 is 12.0 Å². The second kappa shape index (κ2) is 6.23. The van der Waals surface area contributed by atoms with Crippen LogP contribution < -0.4 is 0 Å². The van der Waals surface area contributed by atoms with Crippen molar-refractivity contribution in [2.75, 3.05) is 26.2 Å². The first-order valence-electron chi connectivity index (χ1n) is 7.00. The molecule has 0 aliphatic carbocycles. The van der Waals surface area contributed by atoms with E-state index in [4.69, 9.17) is 5.11 Å². The van der Waals surface area contributed by atoms with Gasteiger partial charge in [0, 0.05) is 26.1 Å². The Morgan fingerprint density at radius 3 is 2.37 bits per heavy atom. The molecule has 0 aromatic heterocycles. The van der Waals surface area contributed by atoms with Crippen LogP contribution in [0.2, 0.25) is 0 Å². The van der Waals surface area contributed by atoms with E-state index in [1.807, 2.05) is 0 Å². The van der Waals surface area contributed by atoms with Crippen molar-refractivity contribution in [1.29, 1.82) is 0 Å². The van der Waals surface area contributed by atoms with E-state index in [2.05, 4.69) is 0 Å². The molecule has 0 aromatic carbocycles. The fourth-order valence-corrected chi connectivity index (χ4v) is 3.03. The summed E-state index contributed by atoms with van der Waals surface area (Å²) in [6.07, 6.45) is 3.54. The van der Waals surface area contributed by atoms with E-state index in [9.17, 15) is 14.7 Å². The summed E-state index contributed by atoms with van der Waals surface area (Å²) in [6.45, 7) is 2.01. The first-order chi connectivity index (χ1) is 9.11. The molecule has 0 spiro atoms. The molecule has 6 nitrogen and oxygen atoms in total. The third-order valence-electron chi connectivity index (χ3n) is 4.18. The number of likely N-dealkylation sites (tertiary alicyclic amines) is 2. The van der Waals surface area contributed by atoms with Gasteiger partial charge in [0.2, 0.25) is 0 Å². The highest BCUT2D eigenvalue weighted by Gasteiger charge is 2.33. The van der Waals surface area contributed by atoms with Gasteiger partial charge in [0.25, 0.3) is 0 Å². The van der Waals surface area contributed by atoms with Gasteiger partial charge in [0.15, 0.2) is 0 Å². The van der Waals surface area contributed by atoms with E-state index in [1.165, 1.54) is 0 Å². The number of urea groups is 1. The van der Waals surface area contributed by atoms with Crippen LogP contribution >= 0.6 is 0 Å². The summed E-state index contributed by atoms with van der Waals surface area (Å²) in [7, 11) is 0. The lowest BCUT2D eigenvalue weighted by molar-refractivity contribution is -0.138. The fraction of sp³-hybridized carbons (Fsp3) is 0.846. The molecule has 108 valence electrons. The molecule has 2 aliphatic heterocycles. The fourth-order valence-electron chi connectivity index (χ4n) is 3.03. The van der Waals surface area contributed by atoms with Crippen molar-refractivity contribution in [3.05, 3.63) is 0 Å². The molecule has 2 heterocycles. The molecule has 0 radical (unpaired) electrons. The maximum atomic E-state index is 12.3. The summed E-state index contributed by atoms with van der Waals surface area (Å²) < 4.78 is 0. The number of hydrogen-bond acceptors (Lipinski definition) is 3. The Kier molecular flexibility index (Phi) is 4.63. The maximum Gasteiger partial charge on any atom is 0.320 e. The molecule has 2 N–H and O–H groups in total. The van der Waals surface area contributed by atoms with Gasteiger partial charge in [-0.05, 0) is 31.6 Å². The van der Waals surface area contributed by atoms with Crippen molar-refractivity contribution in [3.63, 3.8) is 0 Å². The normalized spacial score (nSPS) is 24.8. The minimum absolute atomic E-state index is 0.00493. The quantitative estimate of drug-likeness (QED) is 0.793. The summed E-state index contributed by atoms with van der Waals surface area (Å²) in [5.41, 5.74) is 0. The number of carbonyl (C=O) groups is 2. The lowest BCUT2D eigenvalue weighted by atomic mass is 9.94. The second-order valence-electron chi connectivity index (χ2n) is 5.48. The topological polar surface area (TPSA) is 81.1 Å². The number of amides is 2. The van der Waals surface area contributed by atoms with Gasteiger partial charge in [-0.1, -0.05) is 0 Å². The van der Waals surface area contributed by atoms with E-state index in [0.717, 1.165) is 32.2 Å². The average Bonchev–Trinajstić information content (AvgIpc) is 2.86. The van der Waals surface area contributed by atoms with Crippen LogP contribution in [0.4, 0.5) is 4.79 Å². The lowest BCUT2D eigenvalue weighted by Gasteiger charge is -2.35. The molecule has 0 aromatic rings. The van der Waals surface area contributed by atoms with E-state index in [0.29, 0.717) is 13.1 Å². The highest BCUT2D eigenvalue weighted by molar-refractivity contribution is 5.75. The minimum atomic E-state index is -0.760. The van der Waals surface area contributed by atoms with Gasteiger partial charge in [-0.25, -0.2) is 4.79 Å². The Balaban J connectivity index is 1.83. The third-order valence-corrected chi connectivity index (χ3v) is 4.18. The molecule has 2 fully saturated rings. The Morgan fingerprint density at radius 2 is 1.79 bits per heavy atom. The number of aliphatic hydroxyl groups is 1. The molecule has 0 bridgehead atoms. The van der Waals surface area contributed by atoms with Crippen molar-refractivity contribution in [2.45, 2.75) is 38.1 Å². The van der Waals surface area contributed by atoms with Crippen LogP contribution in [0, 0.1) is 5.92 Å². The number of aliphatic carboxylic acids is 1. The smallest absolute Gasteiger partial charge is 0.320 e. The van der Waals surface area contributed by atoms with Gasteiger partial charge in [-0.3, -0.25) is 4.79 Å². The van der Waals surface area contributed by atoms with E-state index < -0.39 is 5.97 Å².